The van der Waals surface area contributed by atoms with E-state index in [4.69, 9.17) is 5.11 Å². The summed E-state index contributed by atoms with van der Waals surface area (Å²) in [5.74, 6) is -0.496. The molecule has 0 atom stereocenters. The Morgan fingerprint density at radius 3 is 2.33 bits per heavy atom. The minimum Gasteiger partial charge on any atom is -0.481 e. The molecule has 18 heavy (non-hydrogen) atoms. The Kier molecular flexibility index (Phi) is 3.80. The van der Waals surface area contributed by atoms with Crippen molar-refractivity contribution >= 4 is 11.8 Å². The minimum absolute atomic E-state index is 0.162. The Morgan fingerprint density at radius 1 is 1.17 bits per heavy atom. The highest BCUT2D eigenvalue weighted by molar-refractivity contribution is 5.79. The minimum atomic E-state index is -0.764. The highest BCUT2D eigenvalue weighted by Gasteiger charge is 2.36. The topological polar surface area (TPSA) is 54.4 Å². The molecule has 1 fully saturated rings. The molecule has 1 aromatic rings. The van der Waals surface area contributed by atoms with Crippen molar-refractivity contribution in [2.24, 2.45) is 5.41 Å². The predicted octanol–water partition coefficient (Wildman–Crippen LogP) is 2.83. The van der Waals surface area contributed by atoms with Gasteiger partial charge >= 0.3 is 5.97 Å². The monoisotopic (exact) mass is 246 g/mol. The number of rotatable bonds is 4. The first-order valence-corrected chi connectivity index (χ1v) is 6.37. The van der Waals surface area contributed by atoms with Gasteiger partial charge in [-0.2, -0.15) is 0 Å². The number of ketones is 1. The molecule has 1 saturated carbocycles. The van der Waals surface area contributed by atoms with Gasteiger partial charge in [-0.3, -0.25) is 9.59 Å². The van der Waals surface area contributed by atoms with Crippen molar-refractivity contribution in [1.82, 2.24) is 0 Å². The summed E-state index contributed by atoms with van der Waals surface area (Å²) in [6.07, 6.45) is 3.38. The fourth-order valence-electron chi connectivity index (χ4n) is 2.82. The van der Waals surface area contributed by atoms with E-state index in [2.05, 4.69) is 0 Å². The maximum atomic E-state index is 11.3. The molecule has 3 heteroatoms. The van der Waals surface area contributed by atoms with E-state index in [1.165, 1.54) is 0 Å². The number of benzene rings is 1. The van der Waals surface area contributed by atoms with Gasteiger partial charge in [-0.05, 0) is 30.2 Å². The number of carbonyl (C=O) groups is 2. The lowest BCUT2D eigenvalue weighted by Gasteiger charge is -2.35. The summed E-state index contributed by atoms with van der Waals surface area (Å²) in [5, 5.41) is 9.09. The molecule has 0 bridgehead atoms. The summed E-state index contributed by atoms with van der Waals surface area (Å²) < 4.78 is 0. The Hall–Kier alpha value is -1.64. The zero-order valence-electron chi connectivity index (χ0n) is 10.4. The molecule has 0 unspecified atom stereocenters. The average molecular weight is 246 g/mol. The first-order chi connectivity index (χ1) is 8.60. The molecule has 0 aliphatic heterocycles. The van der Waals surface area contributed by atoms with Crippen molar-refractivity contribution in [3.8, 4) is 0 Å². The van der Waals surface area contributed by atoms with Gasteiger partial charge < -0.3 is 5.11 Å². The molecular weight excluding hydrogens is 228 g/mol. The molecule has 0 amide bonds. The van der Waals surface area contributed by atoms with Gasteiger partial charge in [-0.1, -0.05) is 30.3 Å². The van der Waals surface area contributed by atoms with Gasteiger partial charge in [-0.25, -0.2) is 0 Å². The molecule has 1 aliphatic rings. The van der Waals surface area contributed by atoms with Crippen LogP contribution in [0.15, 0.2) is 30.3 Å². The first kappa shape index (κ1) is 12.8. The molecule has 0 heterocycles. The number of hydrogen-bond acceptors (Lipinski definition) is 2. The maximum Gasteiger partial charge on any atom is 0.303 e. The number of aliphatic carboxylic acids is 1. The van der Waals surface area contributed by atoms with Crippen LogP contribution in [0.25, 0.3) is 0 Å². The van der Waals surface area contributed by atoms with E-state index >= 15 is 0 Å². The number of carboxylic acids is 1. The van der Waals surface area contributed by atoms with E-state index in [0.29, 0.717) is 25.7 Å². The molecule has 1 aliphatic carbocycles. The van der Waals surface area contributed by atoms with Crippen LogP contribution in [-0.2, 0) is 16.0 Å². The van der Waals surface area contributed by atoms with Crippen molar-refractivity contribution < 1.29 is 14.7 Å². The van der Waals surface area contributed by atoms with Crippen LogP contribution in [-0.4, -0.2) is 16.9 Å². The number of carbonyl (C=O) groups excluding carboxylic acids is 1. The van der Waals surface area contributed by atoms with Gasteiger partial charge in [0.05, 0.1) is 6.42 Å². The molecule has 1 N–H and O–H groups in total. The standard InChI is InChI=1S/C15H18O3/c16-13-6-8-15(9-7-13,11-14(17)18)10-12-4-2-1-3-5-12/h1-5H,6-11H2,(H,17,18). The normalized spacial score (nSPS) is 18.6. The fraction of sp³-hybridized carbons (Fsp3) is 0.467. The van der Waals surface area contributed by atoms with E-state index in [1.807, 2.05) is 30.3 Å². The second-order valence-electron chi connectivity index (χ2n) is 5.27. The second-order valence-corrected chi connectivity index (χ2v) is 5.27. The molecule has 0 aromatic heterocycles. The Morgan fingerprint density at radius 2 is 1.78 bits per heavy atom. The fourth-order valence-corrected chi connectivity index (χ4v) is 2.82. The average Bonchev–Trinajstić information content (AvgIpc) is 2.34. The summed E-state index contributed by atoms with van der Waals surface area (Å²) in [5.41, 5.74) is 0.925. The zero-order chi connectivity index (χ0) is 13.0. The maximum absolute atomic E-state index is 11.3. The van der Waals surface area contributed by atoms with Gasteiger partial charge in [0.25, 0.3) is 0 Å². The molecule has 3 nitrogen and oxygen atoms in total. The van der Waals surface area contributed by atoms with E-state index in [1.54, 1.807) is 0 Å². The lowest BCUT2D eigenvalue weighted by molar-refractivity contribution is -0.141. The summed E-state index contributed by atoms with van der Waals surface area (Å²) >= 11 is 0. The molecule has 0 spiro atoms. The summed E-state index contributed by atoms with van der Waals surface area (Å²) in [4.78, 5) is 22.4. The van der Waals surface area contributed by atoms with Crippen molar-refractivity contribution in [2.45, 2.75) is 38.5 Å². The van der Waals surface area contributed by atoms with E-state index in [0.717, 1.165) is 12.0 Å². The van der Waals surface area contributed by atoms with Crippen molar-refractivity contribution in [3.63, 3.8) is 0 Å². The van der Waals surface area contributed by atoms with Gasteiger partial charge in [-0.15, -0.1) is 0 Å². The molecule has 0 radical (unpaired) electrons. The van der Waals surface area contributed by atoms with Crippen LogP contribution in [0.3, 0.4) is 0 Å². The van der Waals surface area contributed by atoms with Crippen molar-refractivity contribution in [1.29, 1.82) is 0 Å². The lowest BCUT2D eigenvalue weighted by atomic mass is 9.68. The third kappa shape index (κ3) is 3.19. The van der Waals surface area contributed by atoms with Crippen molar-refractivity contribution in [2.75, 3.05) is 0 Å². The van der Waals surface area contributed by atoms with Crippen LogP contribution in [0.1, 0.15) is 37.7 Å². The third-order valence-corrected chi connectivity index (χ3v) is 3.82. The van der Waals surface area contributed by atoms with Gasteiger partial charge in [0, 0.05) is 12.8 Å². The number of hydrogen-bond donors (Lipinski definition) is 1. The SMILES string of the molecule is O=C(O)CC1(Cc2ccccc2)CCC(=O)CC1. The molecule has 0 saturated heterocycles. The Balaban J connectivity index is 2.15. The Bertz CT molecular complexity index is 426. The van der Waals surface area contributed by atoms with Crippen LogP contribution in [0.5, 0.6) is 0 Å². The second kappa shape index (κ2) is 5.34. The highest BCUT2D eigenvalue weighted by atomic mass is 16.4. The molecule has 96 valence electrons. The van der Waals surface area contributed by atoms with Gasteiger partial charge in [0.1, 0.15) is 5.78 Å². The van der Waals surface area contributed by atoms with Gasteiger partial charge in [0.2, 0.25) is 0 Å². The third-order valence-electron chi connectivity index (χ3n) is 3.82. The van der Waals surface area contributed by atoms with E-state index < -0.39 is 5.97 Å². The van der Waals surface area contributed by atoms with E-state index in [-0.39, 0.29) is 17.6 Å². The lowest BCUT2D eigenvalue weighted by Crippen LogP contribution is -2.32. The number of carboxylic acid groups (broad SMARTS) is 1. The zero-order valence-corrected chi connectivity index (χ0v) is 10.4. The van der Waals surface area contributed by atoms with E-state index in [9.17, 15) is 9.59 Å². The smallest absolute Gasteiger partial charge is 0.303 e. The van der Waals surface area contributed by atoms with Crippen LogP contribution in [0, 0.1) is 5.41 Å². The summed E-state index contributed by atoms with van der Waals surface area (Å²) in [6.45, 7) is 0. The number of Topliss-reactive ketones (excluding diaryl/α,β-unsaturated/α-hetero) is 1. The van der Waals surface area contributed by atoms with Gasteiger partial charge in [0.15, 0.2) is 0 Å². The van der Waals surface area contributed by atoms with Crippen LogP contribution >= 0.6 is 0 Å². The van der Waals surface area contributed by atoms with Crippen LogP contribution in [0.2, 0.25) is 0 Å². The van der Waals surface area contributed by atoms with Crippen LogP contribution in [0.4, 0.5) is 0 Å². The quantitative estimate of drug-likeness (QED) is 0.888. The van der Waals surface area contributed by atoms with Crippen molar-refractivity contribution in [3.05, 3.63) is 35.9 Å². The Labute approximate surface area is 107 Å². The molecule has 1 aromatic carbocycles. The summed E-state index contributed by atoms with van der Waals surface area (Å²) in [6, 6.07) is 9.95. The molecular formula is C15H18O3. The van der Waals surface area contributed by atoms with Crippen LogP contribution < -0.4 is 0 Å². The first-order valence-electron chi connectivity index (χ1n) is 6.37. The summed E-state index contributed by atoms with van der Waals surface area (Å²) in [7, 11) is 0. The highest BCUT2D eigenvalue weighted by Crippen LogP contribution is 2.41. The predicted molar refractivity (Wildman–Crippen MR) is 68.3 cm³/mol. The largest absolute Gasteiger partial charge is 0.481 e. The molecule has 2 rings (SSSR count).